The van der Waals surface area contributed by atoms with Crippen LogP contribution in [0.25, 0.3) is 0 Å². The van der Waals surface area contributed by atoms with Crippen molar-refractivity contribution in [2.75, 3.05) is 28.4 Å². The maximum Gasteiger partial charge on any atom is 0.320 e. The van der Waals surface area contributed by atoms with Crippen molar-refractivity contribution in [1.82, 2.24) is 0 Å². The van der Waals surface area contributed by atoms with Crippen molar-refractivity contribution in [2.45, 2.75) is 18.3 Å². The zero-order valence-electron chi connectivity index (χ0n) is 20.2. The summed E-state index contributed by atoms with van der Waals surface area (Å²) in [6.07, 6.45) is 0.144. The van der Waals surface area contributed by atoms with Gasteiger partial charge in [-0.1, -0.05) is 53.5 Å². The van der Waals surface area contributed by atoms with Gasteiger partial charge >= 0.3 is 23.9 Å². The van der Waals surface area contributed by atoms with Gasteiger partial charge in [-0.2, -0.15) is 0 Å². The van der Waals surface area contributed by atoms with Crippen LogP contribution < -0.4 is 0 Å². The molecule has 3 unspecified atom stereocenters. The Kier molecular flexibility index (Phi) is 8.98. The highest BCUT2D eigenvalue weighted by atomic mass is 35.5. The molecule has 1 aliphatic rings. The van der Waals surface area contributed by atoms with Crippen LogP contribution in [0.4, 0.5) is 0 Å². The number of fused-ring (bicyclic) bond motifs is 1. The van der Waals surface area contributed by atoms with Crippen LogP contribution in [0.3, 0.4) is 0 Å². The summed E-state index contributed by atoms with van der Waals surface area (Å²) < 4.78 is 19.9. The van der Waals surface area contributed by atoms with E-state index in [0.717, 1.165) is 28.4 Å². The van der Waals surface area contributed by atoms with Crippen molar-refractivity contribution in [3.8, 4) is 0 Å². The molecule has 0 bridgehead atoms. The largest absolute Gasteiger partial charge is 0.468 e. The lowest BCUT2D eigenvalue weighted by Gasteiger charge is -2.44. The minimum atomic E-state index is -1.45. The lowest BCUT2D eigenvalue weighted by molar-refractivity contribution is -0.162. The molecule has 0 N–H and O–H groups in total. The van der Waals surface area contributed by atoms with Crippen LogP contribution in [-0.4, -0.2) is 52.3 Å². The van der Waals surface area contributed by atoms with E-state index in [-0.39, 0.29) is 6.42 Å². The number of ether oxygens (including phenoxy) is 4. The van der Waals surface area contributed by atoms with Gasteiger partial charge in [-0.25, -0.2) is 0 Å². The van der Waals surface area contributed by atoms with E-state index in [4.69, 9.17) is 42.1 Å². The van der Waals surface area contributed by atoms with Crippen LogP contribution in [0, 0.1) is 17.8 Å². The minimum absolute atomic E-state index is 0.144. The Morgan fingerprint density at radius 3 is 1.69 bits per heavy atom. The van der Waals surface area contributed by atoms with Crippen molar-refractivity contribution < 1.29 is 38.1 Å². The van der Waals surface area contributed by atoms with Crippen molar-refractivity contribution in [3.63, 3.8) is 0 Å². The lowest BCUT2D eigenvalue weighted by atomic mass is 9.59. The van der Waals surface area contributed by atoms with Gasteiger partial charge in [0.05, 0.1) is 28.4 Å². The average Bonchev–Trinajstić information content (AvgIpc) is 2.89. The summed E-state index contributed by atoms with van der Waals surface area (Å²) in [6, 6.07) is 11.9. The Morgan fingerprint density at radius 1 is 0.694 bits per heavy atom. The molecule has 3 rings (SSSR count). The first-order chi connectivity index (χ1) is 17.2. The van der Waals surface area contributed by atoms with Gasteiger partial charge < -0.3 is 18.9 Å². The van der Waals surface area contributed by atoms with Crippen LogP contribution in [0.5, 0.6) is 0 Å². The van der Waals surface area contributed by atoms with E-state index in [9.17, 15) is 19.2 Å². The second-order valence-electron chi connectivity index (χ2n) is 8.30. The van der Waals surface area contributed by atoms with E-state index in [0.29, 0.717) is 26.7 Å². The number of carbonyl (C=O) groups excluding carboxylic acids is 4. The number of hydrogen-bond donors (Lipinski definition) is 0. The number of hydrogen-bond acceptors (Lipinski definition) is 8. The predicted molar refractivity (Wildman–Crippen MR) is 131 cm³/mol. The highest BCUT2D eigenvalue weighted by Gasteiger charge is 2.53. The van der Waals surface area contributed by atoms with Crippen LogP contribution in [0.1, 0.15) is 28.5 Å². The minimum Gasteiger partial charge on any atom is -0.468 e. The highest BCUT2D eigenvalue weighted by Crippen LogP contribution is 2.54. The third-order valence-electron chi connectivity index (χ3n) is 6.67. The van der Waals surface area contributed by atoms with Gasteiger partial charge in [0.1, 0.15) is 0 Å². The number of carbonyl (C=O) groups is 4. The molecule has 1 aliphatic carbocycles. The van der Waals surface area contributed by atoms with Crippen LogP contribution in [-0.2, 0) is 44.5 Å². The van der Waals surface area contributed by atoms with Crippen LogP contribution in [0.15, 0.2) is 42.5 Å². The molecule has 3 atom stereocenters. The van der Waals surface area contributed by atoms with Gasteiger partial charge in [0.25, 0.3) is 0 Å². The van der Waals surface area contributed by atoms with Crippen molar-refractivity contribution in [1.29, 1.82) is 0 Å². The molecule has 2 aromatic carbocycles. The molecule has 8 nitrogen and oxygen atoms in total. The van der Waals surface area contributed by atoms with E-state index < -0.39 is 53.5 Å². The molecule has 0 aliphatic heterocycles. The predicted octanol–water partition coefficient (Wildman–Crippen LogP) is 3.96. The van der Waals surface area contributed by atoms with E-state index >= 15 is 0 Å². The molecule has 0 fully saturated rings. The van der Waals surface area contributed by atoms with Gasteiger partial charge in [-0.15, -0.1) is 0 Å². The van der Waals surface area contributed by atoms with Gasteiger partial charge in [-0.05, 0) is 47.1 Å². The van der Waals surface area contributed by atoms with E-state index in [1.165, 1.54) is 0 Å². The zero-order valence-corrected chi connectivity index (χ0v) is 21.7. The Hall–Kier alpha value is -3.10. The summed E-state index contributed by atoms with van der Waals surface area (Å²) in [6.45, 7) is 0. The Bertz CT molecular complexity index is 1130. The monoisotopic (exact) mass is 536 g/mol. The molecule has 0 aromatic heterocycles. The molecule has 0 amide bonds. The third-order valence-corrected chi connectivity index (χ3v) is 7.37. The number of esters is 4. The number of benzene rings is 2. The second-order valence-corrected chi connectivity index (χ2v) is 9.11. The molecule has 192 valence electrons. The van der Waals surface area contributed by atoms with E-state index in [2.05, 4.69) is 0 Å². The lowest BCUT2D eigenvalue weighted by Crippen LogP contribution is -2.46. The quantitative estimate of drug-likeness (QED) is 0.297. The SMILES string of the molecule is COC(=O)C(C(=O)OC)C1Cc2c(Cl)cccc2C(C(C(=O)OC)C(=O)OC)C1c1ccccc1Cl. The van der Waals surface area contributed by atoms with Gasteiger partial charge in [0, 0.05) is 16.0 Å². The van der Waals surface area contributed by atoms with Crippen molar-refractivity contribution >= 4 is 47.1 Å². The normalized spacial score (nSPS) is 18.8. The summed E-state index contributed by atoms with van der Waals surface area (Å²) in [5.41, 5.74) is 1.68. The second kappa shape index (κ2) is 11.8. The summed E-state index contributed by atoms with van der Waals surface area (Å²) in [5, 5.41) is 0.673. The Labute approximate surface area is 218 Å². The molecule has 36 heavy (non-hydrogen) atoms. The molecule has 2 aromatic rings. The third kappa shape index (κ3) is 5.06. The first-order valence-corrected chi connectivity index (χ1v) is 11.8. The van der Waals surface area contributed by atoms with E-state index in [1.807, 2.05) is 0 Å². The fourth-order valence-corrected chi connectivity index (χ4v) is 5.67. The van der Waals surface area contributed by atoms with Crippen molar-refractivity contribution in [2.24, 2.45) is 17.8 Å². The summed E-state index contributed by atoms with van der Waals surface area (Å²) in [5.74, 6) is -8.80. The smallest absolute Gasteiger partial charge is 0.320 e. The molecule has 0 saturated heterocycles. The Morgan fingerprint density at radius 2 is 1.17 bits per heavy atom. The van der Waals surface area contributed by atoms with Gasteiger partial charge in [-0.3, -0.25) is 19.2 Å². The van der Waals surface area contributed by atoms with Crippen LogP contribution in [0.2, 0.25) is 10.0 Å². The van der Waals surface area contributed by atoms with Crippen LogP contribution >= 0.6 is 23.2 Å². The molecule has 0 radical (unpaired) electrons. The molecule has 10 heteroatoms. The number of halogens is 2. The van der Waals surface area contributed by atoms with Gasteiger partial charge in [0.2, 0.25) is 0 Å². The molecular formula is C26H26Cl2O8. The first kappa shape index (κ1) is 27.5. The Balaban J connectivity index is 2.42. The maximum atomic E-state index is 13.1. The first-order valence-electron chi connectivity index (χ1n) is 11.0. The fraction of sp³-hybridized carbons (Fsp3) is 0.385. The molecular weight excluding hydrogens is 511 g/mol. The molecule has 0 saturated carbocycles. The summed E-state index contributed by atoms with van der Waals surface area (Å²) in [7, 11) is 4.65. The summed E-state index contributed by atoms with van der Waals surface area (Å²) >= 11 is 13.2. The van der Waals surface area contributed by atoms with Crippen molar-refractivity contribution in [3.05, 3.63) is 69.2 Å². The average molecular weight is 537 g/mol. The highest BCUT2D eigenvalue weighted by molar-refractivity contribution is 6.32. The zero-order chi connectivity index (χ0) is 26.6. The van der Waals surface area contributed by atoms with E-state index in [1.54, 1.807) is 42.5 Å². The number of methoxy groups -OCH3 is 4. The summed E-state index contributed by atoms with van der Waals surface area (Å²) in [4.78, 5) is 52.0. The fourth-order valence-electron chi connectivity index (χ4n) is 5.15. The standard InChI is InChI=1S/C26H26Cl2O8/c1-33-23(29)21(24(30)34-2)16-12-15-13(9-7-11-18(15)28)20(22(25(31)35-3)26(32)36-4)19(16)14-8-5-6-10-17(14)27/h5-11,16,19-22H,12H2,1-4H3. The molecule has 0 spiro atoms. The van der Waals surface area contributed by atoms with Gasteiger partial charge in [0.15, 0.2) is 11.8 Å². The molecule has 0 heterocycles. The number of rotatable bonds is 7. The topological polar surface area (TPSA) is 105 Å². The maximum absolute atomic E-state index is 13.1.